The third-order valence-corrected chi connectivity index (χ3v) is 5.11. The molecule has 1 aromatic heterocycles. The van der Waals surface area contributed by atoms with Gasteiger partial charge in [0.05, 0.1) is 6.20 Å². The van der Waals surface area contributed by atoms with E-state index in [9.17, 15) is 14.7 Å². The van der Waals surface area contributed by atoms with E-state index < -0.39 is 5.97 Å². The first-order chi connectivity index (χ1) is 12.5. The van der Waals surface area contributed by atoms with Gasteiger partial charge in [-0.15, -0.1) is 0 Å². The molecule has 0 atom stereocenters. The molecule has 3 rings (SSSR count). The molecule has 0 spiro atoms. The third-order valence-electron chi connectivity index (χ3n) is 4.70. The van der Waals surface area contributed by atoms with Gasteiger partial charge in [0.15, 0.2) is 0 Å². The number of rotatable bonds is 4. The lowest BCUT2D eigenvalue weighted by Gasteiger charge is -2.22. The Morgan fingerprint density at radius 1 is 1.27 bits per heavy atom. The molecule has 2 aromatic rings. The number of aromatic nitrogens is 2. The third kappa shape index (κ3) is 3.89. The topological polar surface area (TPSA) is 89.5 Å². The Kier molecular flexibility index (Phi) is 5.58. The molecule has 0 radical (unpaired) electrons. The highest BCUT2D eigenvalue weighted by molar-refractivity contribution is 6.31. The number of carbonyl (C=O) groups excluding carboxylic acids is 1. The van der Waals surface area contributed by atoms with Crippen LogP contribution >= 0.6 is 11.6 Å². The zero-order valence-corrected chi connectivity index (χ0v) is 15.3. The van der Waals surface area contributed by atoms with E-state index in [1.165, 1.54) is 0 Å². The number of carbonyl (C=O) groups is 2. The zero-order valence-electron chi connectivity index (χ0n) is 14.5. The summed E-state index contributed by atoms with van der Waals surface area (Å²) in [6, 6.07) is 5.37. The van der Waals surface area contributed by atoms with E-state index in [2.05, 4.69) is 15.1 Å². The van der Waals surface area contributed by atoms with Gasteiger partial charge in [-0.05, 0) is 31.0 Å². The number of halogens is 1. The molecule has 1 saturated heterocycles. The minimum atomic E-state index is -1.01. The van der Waals surface area contributed by atoms with E-state index >= 15 is 0 Å². The molecule has 0 aliphatic carbocycles. The molecule has 0 saturated carbocycles. The van der Waals surface area contributed by atoms with Crippen LogP contribution in [0, 0.1) is 6.92 Å². The number of nitrogens with one attached hydrogen (secondary N) is 1. The number of H-pyrrole nitrogens is 1. The monoisotopic (exact) mass is 376 g/mol. The van der Waals surface area contributed by atoms with Crippen molar-refractivity contribution in [2.75, 3.05) is 26.2 Å². The number of benzene rings is 1. The first-order valence-electron chi connectivity index (χ1n) is 8.49. The van der Waals surface area contributed by atoms with Gasteiger partial charge in [0.1, 0.15) is 5.69 Å². The molecule has 26 heavy (non-hydrogen) atoms. The zero-order chi connectivity index (χ0) is 18.7. The van der Waals surface area contributed by atoms with Crippen molar-refractivity contribution in [1.82, 2.24) is 20.0 Å². The van der Waals surface area contributed by atoms with E-state index in [4.69, 9.17) is 11.6 Å². The summed E-state index contributed by atoms with van der Waals surface area (Å²) in [5.74, 6) is -1.03. The fraction of sp³-hybridized carbons (Fsp3) is 0.389. The molecule has 1 aromatic carbocycles. The van der Waals surface area contributed by atoms with Gasteiger partial charge in [-0.1, -0.05) is 17.7 Å². The number of hydrogen-bond donors (Lipinski definition) is 2. The molecule has 1 aliphatic heterocycles. The van der Waals surface area contributed by atoms with Crippen molar-refractivity contribution in [3.05, 3.63) is 51.8 Å². The summed E-state index contributed by atoms with van der Waals surface area (Å²) in [7, 11) is 0. The number of aromatic carboxylic acids is 1. The standard InChI is InChI=1S/C18H21ClN4O3/c1-12-14(4-2-5-15(12)19)17(24)23-7-3-6-22(8-9-23)11-13-10-20-21-16(13)18(25)26/h2,4-5,10H,3,6-9,11H2,1H3,(H,20,21)(H,25,26). The molecule has 0 unspecified atom stereocenters. The first kappa shape index (κ1) is 18.4. The summed E-state index contributed by atoms with van der Waals surface area (Å²) in [5.41, 5.74) is 2.21. The number of amides is 1. The van der Waals surface area contributed by atoms with Crippen LogP contribution in [0.25, 0.3) is 0 Å². The maximum Gasteiger partial charge on any atom is 0.354 e. The number of carboxylic acid groups (broad SMARTS) is 1. The van der Waals surface area contributed by atoms with Gasteiger partial charge in [0, 0.05) is 48.9 Å². The van der Waals surface area contributed by atoms with Crippen LogP contribution in [-0.4, -0.2) is 63.2 Å². The number of hydrogen-bond acceptors (Lipinski definition) is 4. The first-order valence-corrected chi connectivity index (χ1v) is 8.87. The van der Waals surface area contributed by atoms with Crippen LogP contribution in [0.1, 0.15) is 38.4 Å². The van der Waals surface area contributed by atoms with Crippen LogP contribution in [-0.2, 0) is 6.54 Å². The lowest BCUT2D eigenvalue weighted by Crippen LogP contribution is -2.35. The lowest BCUT2D eigenvalue weighted by molar-refractivity contribution is 0.0687. The highest BCUT2D eigenvalue weighted by Crippen LogP contribution is 2.21. The summed E-state index contributed by atoms with van der Waals surface area (Å²) in [5, 5.41) is 16.1. The Bertz CT molecular complexity index is 821. The Morgan fingerprint density at radius 2 is 2.08 bits per heavy atom. The quantitative estimate of drug-likeness (QED) is 0.855. The van der Waals surface area contributed by atoms with Gasteiger partial charge < -0.3 is 10.0 Å². The molecule has 1 aliphatic rings. The summed E-state index contributed by atoms with van der Waals surface area (Å²) in [6.07, 6.45) is 2.37. The molecule has 1 amide bonds. The summed E-state index contributed by atoms with van der Waals surface area (Å²) < 4.78 is 0. The summed E-state index contributed by atoms with van der Waals surface area (Å²) in [4.78, 5) is 28.0. The van der Waals surface area contributed by atoms with Crippen LogP contribution in [0.4, 0.5) is 0 Å². The van der Waals surface area contributed by atoms with Crippen LogP contribution in [0.15, 0.2) is 24.4 Å². The highest BCUT2D eigenvalue weighted by atomic mass is 35.5. The Hall–Kier alpha value is -2.38. The molecule has 8 heteroatoms. The molecule has 138 valence electrons. The van der Waals surface area contributed by atoms with Gasteiger partial charge in [-0.25, -0.2) is 4.79 Å². The maximum absolute atomic E-state index is 12.8. The van der Waals surface area contributed by atoms with Gasteiger partial charge in [-0.2, -0.15) is 5.10 Å². The number of aromatic amines is 1. The van der Waals surface area contributed by atoms with E-state index in [0.717, 1.165) is 18.5 Å². The Labute approximate surface area is 156 Å². The van der Waals surface area contributed by atoms with Gasteiger partial charge >= 0.3 is 5.97 Å². The SMILES string of the molecule is Cc1c(Cl)cccc1C(=O)N1CCCN(Cc2cn[nH]c2C(=O)O)CC1. The molecule has 0 bridgehead atoms. The molecular formula is C18H21ClN4O3. The Morgan fingerprint density at radius 3 is 2.85 bits per heavy atom. The van der Waals surface area contributed by atoms with Crippen molar-refractivity contribution in [3.8, 4) is 0 Å². The molecule has 1 fully saturated rings. The van der Waals surface area contributed by atoms with Crippen LogP contribution in [0.5, 0.6) is 0 Å². The largest absolute Gasteiger partial charge is 0.477 e. The number of nitrogens with zero attached hydrogens (tertiary/aromatic N) is 3. The van der Waals surface area contributed by atoms with Crippen molar-refractivity contribution in [2.24, 2.45) is 0 Å². The second-order valence-electron chi connectivity index (χ2n) is 6.41. The van der Waals surface area contributed by atoms with Crippen molar-refractivity contribution in [1.29, 1.82) is 0 Å². The summed E-state index contributed by atoms with van der Waals surface area (Å²) >= 11 is 6.14. The number of carboxylic acids is 1. The van der Waals surface area contributed by atoms with E-state index in [0.29, 0.717) is 42.3 Å². The normalized spacial score (nSPS) is 15.7. The second kappa shape index (κ2) is 7.88. The molecule has 7 nitrogen and oxygen atoms in total. The summed E-state index contributed by atoms with van der Waals surface area (Å²) in [6.45, 7) is 5.07. The molecular weight excluding hydrogens is 356 g/mol. The van der Waals surface area contributed by atoms with E-state index in [1.807, 2.05) is 11.8 Å². The molecule has 2 N–H and O–H groups in total. The van der Waals surface area contributed by atoms with Crippen molar-refractivity contribution in [3.63, 3.8) is 0 Å². The average Bonchev–Trinajstić information content (AvgIpc) is 2.95. The molecule has 2 heterocycles. The van der Waals surface area contributed by atoms with Gasteiger partial charge in [0.2, 0.25) is 0 Å². The van der Waals surface area contributed by atoms with Crippen molar-refractivity contribution in [2.45, 2.75) is 19.9 Å². The van der Waals surface area contributed by atoms with E-state index in [-0.39, 0.29) is 11.6 Å². The van der Waals surface area contributed by atoms with Crippen LogP contribution in [0.2, 0.25) is 5.02 Å². The Balaban J connectivity index is 1.66. The van der Waals surface area contributed by atoms with Gasteiger partial charge in [0.25, 0.3) is 5.91 Å². The minimum Gasteiger partial charge on any atom is -0.477 e. The average molecular weight is 377 g/mol. The second-order valence-corrected chi connectivity index (χ2v) is 6.82. The predicted molar refractivity (Wildman–Crippen MR) is 97.5 cm³/mol. The van der Waals surface area contributed by atoms with Crippen LogP contribution < -0.4 is 0 Å². The van der Waals surface area contributed by atoms with Crippen molar-refractivity contribution < 1.29 is 14.7 Å². The fourth-order valence-corrected chi connectivity index (χ4v) is 3.37. The minimum absolute atomic E-state index is 0.0126. The maximum atomic E-state index is 12.8. The van der Waals surface area contributed by atoms with Crippen LogP contribution in [0.3, 0.4) is 0 Å². The smallest absolute Gasteiger partial charge is 0.354 e. The highest BCUT2D eigenvalue weighted by Gasteiger charge is 2.23. The lowest BCUT2D eigenvalue weighted by atomic mass is 10.1. The van der Waals surface area contributed by atoms with Gasteiger partial charge in [-0.3, -0.25) is 14.8 Å². The fourth-order valence-electron chi connectivity index (χ4n) is 3.20. The van der Waals surface area contributed by atoms with Crippen molar-refractivity contribution >= 4 is 23.5 Å². The van der Waals surface area contributed by atoms with E-state index in [1.54, 1.807) is 24.4 Å². The predicted octanol–water partition coefficient (Wildman–Crippen LogP) is 2.42.